The molecule has 1 aromatic rings. The minimum Gasteiger partial charge on any atom is -0.387 e. The van der Waals surface area contributed by atoms with E-state index in [9.17, 15) is 18.7 Å². The summed E-state index contributed by atoms with van der Waals surface area (Å²) in [7, 11) is 2.05. The summed E-state index contributed by atoms with van der Waals surface area (Å²) in [5.41, 5.74) is 0. The number of carbonyl (C=O) groups excluding carboxylic acids is 1. The van der Waals surface area contributed by atoms with E-state index in [1.54, 1.807) is 0 Å². The quantitative estimate of drug-likeness (QED) is 0.823. The maximum Gasteiger partial charge on any atom is 0.293 e. The lowest BCUT2D eigenvalue weighted by atomic mass is 9.97. The summed E-state index contributed by atoms with van der Waals surface area (Å²) in [5.74, 6) is -3.13. The highest BCUT2D eigenvalue weighted by Crippen LogP contribution is 2.28. The molecule has 1 atom stereocenters. The highest BCUT2D eigenvalue weighted by molar-refractivity contribution is 5.90. The number of nitrogens with zero attached hydrogens (tertiary/aromatic N) is 4. The van der Waals surface area contributed by atoms with Gasteiger partial charge in [-0.1, -0.05) is 0 Å². The zero-order valence-corrected chi connectivity index (χ0v) is 13.0. The second kappa shape index (κ2) is 6.12. The Hall–Kier alpha value is -1.61. The molecule has 2 aliphatic rings. The average molecular weight is 329 g/mol. The predicted molar refractivity (Wildman–Crippen MR) is 77.3 cm³/mol. The molecule has 7 nitrogen and oxygen atoms in total. The van der Waals surface area contributed by atoms with Crippen molar-refractivity contribution in [1.82, 2.24) is 25.0 Å². The zero-order chi connectivity index (χ0) is 16.6. The molecule has 3 rings (SSSR count). The number of aliphatic hydroxyl groups excluding tert-OH is 1. The molecule has 2 aliphatic heterocycles. The molecule has 1 unspecified atom stereocenters. The Balaban J connectivity index is 1.67. The largest absolute Gasteiger partial charge is 0.387 e. The van der Waals surface area contributed by atoms with Crippen LogP contribution >= 0.6 is 0 Å². The van der Waals surface area contributed by atoms with Crippen molar-refractivity contribution in [2.45, 2.75) is 37.2 Å². The van der Waals surface area contributed by atoms with Gasteiger partial charge in [0.25, 0.3) is 11.8 Å². The summed E-state index contributed by atoms with van der Waals surface area (Å²) < 4.78 is 27.1. The van der Waals surface area contributed by atoms with Crippen LogP contribution in [-0.2, 0) is 0 Å². The highest BCUT2D eigenvalue weighted by atomic mass is 19.3. The standard InChI is InChI=1S/C14H21F2N5O2/c1-20-5-2-9(3-6-20)11-17-12(19-18-11)13(23)21-7-4-10(22)14(15,16)8-21/h9-10,22H,2-8H2,1H3,(H,17,18,19). The molecule has 2 saturated heterocycles. The first kappa shape index (κ1) is 16.3. The summed E-state index contributed by atoms with van der Waals surface area (Å²) in [6.45, 7) is 1.18. The number of nitrogens with one attached hydrogen (secondary N) is 1. The van der Waals surface area contributed by atoms with Gasteiger partial charge in [0.15, 0.2) is 0 Å². The van der Waals surface area contributed by atoms with E-state index in [1.807, 2.05) is 0 Å². The monoisotopic (exact) mass is 329 g/mol. The van der Waals surface area contributed by atoms with Crippen molar-refractivity contribution < 1.29 is 18.7 Å². The molecule has 1 aromatic heterocycles. The lowest BCUT2D eigenvalue weighted by Crippen LogP contribution is -2.53. The molecular weight excluding hydrogens is 308 g/mol. The number of aromatic amines is 1. The number of H-pyrrole nitrogens is 1. The molecule has 0 spiro atoms. The highest BCUT2D eigenvalue weighted by Gasteiger charge is 2.45. The van der Waals surface area contributed by atoms with Crippen LogP contribution in [0.2, 0.25) is 0 Å². The van der Waals surface area contributed by atoms with Crippen LogP contribution in [0.15, 0.2) is 0 Å². The Morgan fingerprint density at radius 1 is 1.30 bits per heavy atom. The van der Waals surface area contributed by atoms with Crippen molar-refractivity contribution >= 4 is 5.91 Å². The van der Waals surface area contributed by atoms with Crippen LogP contribution in [0.4, 0.5) is 8.78 Å². The lowest BCUT2D eigenvalue weighted by molar-refractivity contribution is -0.142. The predicted octanol–water partition coefficient (Wildman–Crippen LogP) is 0.456. The van der Waals surface area contributed by atoms with Crippen molar-refractivity contribution in [3.8, 4) is 0 Å². The Morgan fingerprint density at radius 3 is 2.65 bits per heavy atom. The Morgan fingerprint density at radius 2 is 2.00 bits per heavy atom. The summed E-state index contributed by atoms with van der Waals surface area (Å²) in [6, 6.07) is 0. The fourth-order valence-corrected chi connectivity index (χ4v) is 3.08. The smallest absolute Gasteiger partial charge is 0.293 e. The number of hydrogen-bond acceptors (Lipinski definition) is 5. The molecule has 128 valence electrons. The first-order valence-corrected chi connectivity index (χ1v) is 7.83. The van der Waals surface area contributed by atoms with Crippen LogP contribution in [0.5, 0.6) is 0 Å². The molecule has 23 heavy (non-hydrogen) atoms. The fourth-order valence-electron chi connectivity index (χ4n) is 3.08. The second-order valence-electron chi connectivity index (χ2n) is 6.41. The van der Waals surface area contributed by atoms with Crippen LogP contribution in [0.25, 0.3) is 0 Å². The van der Waals surface area contributed by atoms with Gasteiger partial charge >= 0.3 is 0 Å². The average Bonchev–Trinajstić information content (AvgIpc) is 3.00. The van der Waals surface area contributed by atoms with E-state index in [1.165, 1.54) is 0 Å². The topological polar surface area (TPSA) is 85.3 Å². The maximum absolute atomic E-state index is 13.6. The van der Waals surface area contributed by atoms with E-state index in [2.05, 4.69) is 27.1 Å². The van der Waals surface area contributed by atoms with Crippen LogP contribution in [0, 0.1) is 0 Å². The molecule has 0 aliphatic carbocycles. The number of alkyl halides is 2. The second-order valence-corrected chi connectivity index (χ2v) is 6.41. The third kappa shape index (κ3) is 3.35. The van der Waals surface area contributed by atoms with Gasteiger partial charge in [0.1, 0.15) is 11.9 Å². The van der Waals surface area contributed by atoms with Crippen molar-refractivity contribution in [1.29, 1.82) is 0 Å². The molecule has 2 N–H and O–H groups in total. The molecule has 0 bridgehead atoms. The van der Waals surface area contributed by atoms with E-state index in [0.29, 0.717) is 5.82 Å². The third-order valence-corrected chi connectivity index (χ3v) is 4.65. The number of aromatic nitrogens is 3. The summed E-state index contributed by atoms with van der Waals surface area (Å²) in [5, 5.41) is 16.0. The van der Waals surface area contributed by atoms with Gasteiger partial charge in [0.05, 0.1) is 6.54 Å². The van der Waals surface area contributed by atoms with Gasteiger partial charge in [-0.15, -0.1) is 5.10 Å². The maximum atomic E-state index is 13.6. The van der Waals surface area contributed by atoms with E-state index in [4.69, 9.17) is 0 Å². The van der Waals surface area contributed by atoms with Gasteiger partial charge in [0, 0.05) is 12.5 Å². The number of hydrogen-bond donors (Lipinski definition) is 2. The van der Waals surface area contributed by atoms with E-state index < -0.39 is 24.5 Å². The number of piperidine rings is 2. The van der Waals surface area contributed by atoms with Crippen molar-refractivity contribution in [2.24, 2.45) is 0 Å². The number of likely N-dealkylation sites (tertiary alicyclic amines) is 2. The van der Waals surface area contributed by atoms with Crippen molar-refractivity contribution in [2.75, 3.05) is 33.2 Å². The number of halogens is 2. The SMILES string of the molecule is CN1CCC(c2nc(C(=O)N3CCC(O)C(F)(F)C3)n[nH]2)CC1. The molecule has 0 saturated carbocycles. The molecule has 0 radical (unpaired) electrons. The first-order valence-electron chi connectivity index (χ1n) is 7.83. The van der Waals surface area contributed by atoms with Crippen molar-refractivity contribution in [3.05, 3.63) is 11.6 Å². The number of rotatable bonds is 2. The van der Waals surface area contributed by atoms with Gasteiger partial charge in [0.2, 0.25) is 5.82 Å². The number of amides is 1. The lowest BCUT2D eigenvalue weighted by Gasteiger charge is -2.35. The Kier molecular flexibility index (Phi) is 4.33. The minimum atomic E-state index is -3.29. The van der Waals surface area contributed by atoms with E-state index in [-0.39, 0.29) is 24.7 Å². The van der Waals surface area contributed by atoms with Gasteiger partial charge in [-0.05, 0) is 39.4 Å². The van der Waals surface area contributed by atoms with Gasteiger partial charge in [-0.3, -0.25) is 9.89 Å². The molecular formula is C14H21F2N5O2. The fraction of sp³-hybridized carbons (Fsp3) is 0.786. The van der Waals surface area contributed by atoms with Crippen LogP contribution in [0.1, 0.15) is 41.6 Å². The number of carbonyl (C=O) groups is 1. The molecule has 3 heterocycles. The summed E-state index contributed by atoms with van der Waals surface area (Å²) in [4.78, 5) is 19.7. The third-order valence-electron chi connectivity index (χ3n) is 4.65. The molecule has 0 aromatic carbocycles. The van der Waals surface area contributed by atoms with E-state index >= 15 is 0 Å². The summed E-state index contributed by atoms with van der Waals surface area (Å²) in [6.07, 6.45) is -0.000496. The summed E-state index contributed by atoms with van der Waals surface area (Å²) >= 11 is 0. The van der Waals surface area contributed by atoms with Crippen LogP contribution < -0.4 is 0 Å². The van der Waals surface area contributed by atoms with Crippen molar-refractivity contribution in [3.63, 3.8) is 0 Å². The zero-order valence-electron chi connectivity index (χ0n) is 13.0. The van der Waals surface area contributed by atoms with Crippen LogP contribution in [0.3, 0.4) is 0 Å². The molecule has 2 fully saturated rings. The van der Waals surface area contributed by atoms with Crippen LogP contribution in [-0.4, -0.2) is 81.2 Å². The normalized spacial score (nSPS) is 26.4. The minimum absolute atomic E-state index is 0.0771. The Bertz CT molecular complexity index is 571. The number of aliphatic hydroxyl groups is 1. The van der Waals surface area contributed by atoms with Gasteiger partial charge in [-0.2, -0.15) is 0 Å². The molecule has 1 amide bonds. The van der Waals surface area contributed by atoms with Gasteiger partial charge in [-0.25, -0.2) is 13.8 Å². The molecule has 9 heteroatoms. The Labute approximate surface area is 132 Å². The van der Waals surface area contributed by atoms with E-state index in [0.717, 1.165) is 30.8 Å². The first-order chi connectivity index (χ1) is 10.9. The van der Waals surface area contributed by atoms with Gasteiger partial charge < -0.3 is 14.9 Å².